The first-order valence-corrected chi connectivity index (χ1v) is 10.9. The molecule has 7 nitrogen and oxygen atoms in total. The lowest BCUT2D eigenvalue weighted by molar-refractivity contribution is 0.0945. The van der Waals surface area contributed by atoms with Crippen LogP contribution in [0.4, 0.5) is 0 Å². The van der Waals surface area contributed by atoms with Crippen LogP contribution in [0.15, 0.2) is 77.7 Å². The fourth-order valence-corrected chi connectivity index (χ4v) is 3.52. The lowest BCUT2D eigenvalue weighted by Crippen LogP contribution is -2.31. The molecule has 0 saturated carbocycles. The van der Waals surface area contributed by atoms with Crippen molar-refractivity contribution in [2.45, 2.75) is 33.5 Å². The van der Waals surface area contributed by atoms with Gasteiger partial charge < -0.3 is 10.1 Å². The van der Waals surface area contributed by atoms with E-state index in [1.807, 2.05) is 56.3 Å². The van der Waals surface area contributed by atoms with Crippen LogP contribution in [0, 0.1) is 5.92 Å². The summed E-state index contributed by atoms with van der Waals surface area (Å²) >= 11 is 0. The van der Waals surface area contributed by atoms with E-state index in [4.69, 9.17) is 4.74 Å². The van der Waals surface area contributed by atoms with Gasteiger partial charge in [0.15, 0.2) is 5.69 Å². The standard InChI is InChI=1S/C26H26N4O3/c1-18(2)16-30-26(32)23-12-4-3-11-22(23)24(29-30)25(31)28-15-19-8-7-10-21(14-19)33-17-20-9-5-6-13-27-20/h3-14,18H,15-17H2,1-2H3,(H,28,31). The second kappa shape index (κ2) is 10.1. The third-order valence-corrected chi connectivity index (χ3v) is 5.09. The highest BCUT2D eigenvalue weighted by molar-refractivity contribution is 6.04. The smallest absolute Gasteiger partial charge is 0.274 e. The highest BCUT2D eigenvalue weighted by Gasteiger charge is 2.17. The fraction of sp³-hybridized carbons (Fsp3) is 0.231. The summed E-state index contributed by atoms with van der Waals surface area (Å²) in [5.41, 5.74) is 1.79. The van der Waals surface area contributed by atoms with Crippen LogP contribution in [-0.2, 0) is 19.7 Å². The molecule has 168 valence electrons. The minimum atomic E-state index is -0.330. The Morgan fingerprint density at radius 2 is 1.82 bits per heavy atom. The molecule has 2 aromatic heterocycles. The molecule has 7 heteroatoms. The highest BCUT2D eigenvalue weighted by atomic mass is 16.5. The van der Waals surface area contributed by atoms with Crippen LogP contribution in [0.25, 0.3) is 10.8 Å². The summed E-state index contributed by atoms with van der Waals surface area (Å²) < 4.78 is 7.20. The quantitative estimate of drug-likeness (QED) is 0.446. The summed E-state index contributed by atoms with van der Waals surface area (Å²) in [4.78, 5) is 30.1. The van der Waals surface area contributed by atoms with E-state index in [1.54, 1.807) is 30.5 Å². The van der Waals surface area contributed by atoms with E-state index in [2.05, 4.69) is 15.4 Å². The van der Waals surface area contributed by atoms with Crippen LogP contribution in [0.2, 0.25) is 0 Å². The van der Waals surface area contributed by atoms with Gasteiger partial charge in [-0.05, 0) is 41.8 Å². The lowest BCUT2D eigenvalue weighted by Gasteiger charge is -2.13. The number of benzene rings is 2. The molecule has 0 spiro atoms. The zero-order valence-corrected chi connectivity index (χ0v) is 18.7. The molecule has 1 N–H and O–H groups in total. The molecule has 0 aliphatic carbocycles. The summed E-state index contributed by atoms with van der Waals surface area (Å²) in [7, 11) is 0. The van der Waals surface area contributed by atoms with Gasteiger partial charge in [0.05, 0.1) is 11.1 Å². The molecule has 0 aliphatic heterocycles. The number of hydrogen-bond acceptors (Lipinski definition) is 5. The largest absolute Gasteiger partial charge is 0.487 e. The molecule has 0 bridgehead atoms. The number of amides is 1. The van der Waals surface area contributed by atoms with E-state index >= 15 is 0 Å². The Hall–Kier alpha value is -4.00. The number of pyridine rings is 1. The van der Waals surface area contributed by atoms with Gasteiger partial charge in [-0.3, -0.25) is 14.6 Å². The van der Waals surface area contributed by atoms with Crippen molar-refractivity contribution in [1.82, 2.24) is 20.1 Å². The van der Waals surface area contributed by atoms with Gasteiger partial charge in [0.2, 0.25) is 0 Å². The number of nitrogens with one attached hydrogen (secondary N) is 1. The second-order valence-electron chi connectivity index (χ2n) is 8.22. The summed E-state index contributed by atoms with van der Waals surface area (Å²) in [6, 6.07) is 20.3. The van der Waals surface area contributed by atoms with Crippen LogP contribution >= 0.6 is 0 Å². The van der Waals surface area contributed by atoms with Crippen molar-refractivity contribution in [1.29, 1.82) is 0 Å². The van der Waals surface area contributed by atoms with Gasteiger partial charge in [-0.15, -0.1) is 0 Å². The molecular formula is C26H26N4O3. The van der Waals surface area contributed by atoms with E-state index in [0.29, 0.717) is 36.2 Å². The third-order valence-electron chi connectivity index (χ3n) is 5.09. The zero-order valence-electron chi connectivity index (χ0n) is 18.7. The summed E-state index contributed by atoms with van der Waals surface area (Å²) in [5, 5.41) is 8.36. The SMILES string of the molecule is CC(C)Cn1nc(C(=O)NCc2cccc(OCc3ccccn3)c2)c2ccccc2c1=O. The molecular weight excluding hydrogens is 416 g/mol. The number of carbonyl (C=O) groups excluding carboxylic acids is 1. The maximum atomic E-state index is 13.0. The average molecular weight is 443 g/mol. The Morgan fingerprint density at radius 1 is 1.03 bits per heavy atom. The highest BCUT2D eigenvalue weighted by Crippen LogP contribution is 2.16. The number of rotatable bonds is 8. The van der Waals surface area contributed by atoms with Crippen LogP contribution in [-0.4, -0.2) is 20.7 Å². The van der Waals surface area contributed by atoms with Crippen molar-refractivity contribution in [2.75, 3.05) is 0 Å². The second-order valence-corrected chi connectivity index (χ2v) is 8.22. The van der Waals surface area contributed by atoms with E-state index in [0.717, 1.165) is 11.3 Å². The molecule has 0 radical (unpaired) electrons. The molecule has 4 aromatic rings. The van der Waals surface area contributed by atoms with Gasteiger partial charge in [0.25, 0.3) is 11.5 Å². The van der Waals surface area contributed by atoms with Crippen molar-refractivity contribution >= 4 is 16.7 Å². The molecule has 4 rings (SSSR count). The summed E-state index contributed by atoms with van der Waals surface area (Å²) in [6.45, 7) is 5.13. The van der Waals surface area contributed by atoms with Crippen molar-refractivity contribution in [2.24, 2.45) is 5.92 Å². The maximum Gasteiger partial charge on any atom is 0.274 e. The lowest BCUT2D eigenvalue weighted by atomic mass is 10.1. The predicted molar refractivity (Wildman–Crippen MR) is 127 cm³/mol. The minimum Gasteiger partial charge on any atom is -0.487 e. The first-order valence-electron chi connectivity index (χ1n) is 10.9. The van der Waals surface area contributed by atoms with Crippen molar-refractivity contribution in [3.63, 3.8) is 0 Å². The molecule has 0 unspecified atom stereocenters. The predicted octanol–water partition coefficient (Wildman–Crippen LogP) is 3.96. The van der Waals surface area contributed by atoms with E-state index in [1.165, 1.54) is 4.68 Å². The molecule has 0 atom stereocenters. The fourth-order valence-electron chi connectivity index (χ4n) is 3.52. The molecule has 33 heavy (non-hydrogen) atoms. The van der Waals surface area contributed by atoms with Gasteiger partial charge in [0, 0.05) is 24.7 Å². The molecule has 1 amide bonds. The van der Waals surface area contributed by atoms with E-state index in [9.17, 15) is 9.59 Å². The topological polar surface area (TPSA) is 86.1 Å². The Balaban J connectivity index is 1.50. The van der Waals surface area contributed by atoms with Crippen LogP contribution < -0.4 is 15.6 Å². The van der Waals surface area contributed by atoms with Crippen molar-refractivity contribution in [3.05, 3.63) is 100 Å². The van der Waals surface area contributed by atoms with Gasteiger partial charge in [-0.2, -0.15) is 5.10 Å². The van der Waals surface area contributed by atoms with E-state index < -0.39 is 0 Å². The number of hydrogen-bond donors (Lipinski definition) is 1. The Kier molecular flexibility index (Phi) is 6.78. The molecule has 2 heterocycles. The van der Waals surface area contributed by atoms with Crippen molar-refractivity contribution in [3.8, 4) is 5.75 Å². The monoisotopic (exact) mass is 442 g/mol. The van der Waals surface area contributed by atoms with Gasteiger partial charge in [0.1, 0.15) is 12.4 Å². The zero-order chi connectivity index (χ0) is 23.2. The number of nitrogens with zero attached hydrogens (tertiary/aromatic N) is 3. The molecule has 0 aliphatic rings. The van der Waals surface area contributed by atoms with E-state index in [-0.39, 0.29) is 23.1 Å². The van der Waals surface area contributed by atoms with Crippen LogP contribution in [0.5, 0.6) is 5.75 Å². The normalized spacial score (nSPS) is 11.0. The van der Waals surface area contributed by atoms with Gasteiger partial charge in [-0.1, -0.05) is 50.2 Å². The average Bonchev–Trinajstić information content (AvgIpc) is 2.84. The Morgan fingerprint density at radius 3 is 2.58 bits per heavy atom. The Labute approximate surface area is 192 Å². The Bertz CT molecular complexity index is 1320. The molecule has 0 saturated heterocycles. The number of aromatic nitrogens is 3. The third kappa shape index (κ3) is 5.44. The van der Waals surface area contributed by atoms with Crippen LogP contribution in [0.3, 0.4) is 0 Å². The first kappa shape index (κ1) is 22.2. The molecule has 0 fully saturated rings. The summed E-state index contributed by atoms with van der Waals surface area (Å²) in [6.07, 6.45) is 1.73. The molecule has 2 aromatic carbocycles. The maximum absolute atomic E-state index is 13.0. The van der Waals surface area contributed by atoms with Gasteiger partial charge in [-0.25, -0.2) is 4.68 Å². The van der Waals surface area contributed by atoms with Crippen LogP contribution in [0.1, 0.15) is 35.6 Å². The summed E-state index contributed by atoms with van der Waals surface area (Å²) in [5.74, 6) is 0.589. The number of fused-ring (bicyclic) bond motifs is 1. The number of ether oxygens (including phenoxy) is 1. The van der Waals surface area contributed by atoms with Gasteiger partial charge >= 0.3 is 0 Å². The minimum absolute atomic E-state index is 0.186. The number of carbonyl (C=O) groups is 1. The van der Waals surface area contributed by atoms with Crippen molar-refractivity contribution < 1.29 is 9.53 Å². The first-order chi connectivity index (χ1) is 16.0.